The monoisotopic (exact) mass is 246 g/mol. The molecule has 0 unspecified atom stereocenters. The van der Waals surface area contributed by atoms with Crippen LogP contribution in [0.5, 0.6) is 0 Å². The molecule has 0 aliphatic carbocycles. The SMILES string of the molecule is Fc1ccc2c(ccn2CCC2CCNCC2)c1. The van der Waals surface area contributed by atoms with Crippen LogP contribution in [0.4, 0.5) is 4.39 Å². The Morgan fingerprint density at radius 1 is 1.22 bits per heavy atom. The lowest BCUT2D eigenvalue weighted by atomic mass is 9.95. The Morgan fingerprint density at radius 3 is 2.89 bits per heavy atom. The fourth-order valence-corrected chi connectivity index (χ4v) is 2.86. The minimum atomic E-state index is -0.154. The van der Waals surface area contributed by atoms with Gasteiger partial charge in [0.05, 0.1) is 0 Å². The number of halogens is 1. The molecule has 1 saturated heterocycles. The maximum absolute atomic E-state index is 13.1. The van der Waals surface area contributed by atoms with E-state index in [1.54, 1.807) is 12.1 Å². The molecule has 3 heteroatoms. The van der Waals surface area contributed by atoms with Crippen LogP contribution >= 0.6 is 0 Å². The summed E-state index contributed by atoms with van der Waals surface area (Å²) in [7, 11) is 0. The molecule has 0 spiro atoms. The summed E-state index contributed by atoms with van der Waals surface area (Å²) in [6.07, 6.45) is 5.87. The topological polar surface area (TPSA) is 17.0 Å². The van der Waals surface area contributed by atoms with Crippen LogP contribution in [0.15, 0.2) is 30.5 Å². The highest BCUT2D eigenvalue weighted by Gasteiger charge is 2.13. The van der Waals surface area contributed by atoms with Crippen LogP contribution in [-0.2, 0) is 6.54 Å². The van der Waals surface area contributed by atoms with Gasteiger partial charge in [0.2, 0.25) is 0 Å². The predicted molar refractivity (Wildman–Crippen MR) is 72.1 cm³/mol. The largest absolute Gasteiger partial charge is 0.347 e. The van der Waals surface area contributed by atoms with Crippen molar-refractivity contribution in [1.29, 1.82) is 0 Å². The maximum Gasteiger partial charge on any atom is 0.123 e. The summed E-state index contributed by atoms with van der Waals surface area (Å²) in [6.45, 7) is 3.35. The molecule has 0 radical (unpaired) electrons. The number of nitrogens with one attached hydrogen (secondary N) is 1. The Bertz CT molecular complexity index is 526. The third kappa shape index (κ3) is 2.41. The van der Waals surface area contributed by atoms with Gasteiger partial charge in [-0.25, -0.2) is 4.39 Å². The van der Waals surface area contributed by atoms with Crippen molar-refractivity contribution >= 4 is 10.9 Å². The smallest absolute Gasteiger partial charge is 0.123 e. The molecule has 96 valence electrons. The van der Waals surface area contributed by atoms with E-state index in [1.807, 2.05) is 12.1 Å². The molecule has 0 atom stereocenters. The van der Waals surface area contributed by atoms with Gasteiger partial charge in [0.1, 0.15) is 5.82 Å². The number of aryl methyl sites for hydroxylation is 1. The van der Waals surface area contributed by atoms with Crippen LogP contribution in [0.3, 0.4) is 0 Å². The first-order valence-electron chi connectivity index (χ1n) is 6.78. The molecule has 1 aliphatic rings. The summed E-state index contributed by atoms with van der Waals surface area (Å²) in [6, 6.07) is 7.04. The second-order valence-electron chi connectivity index (χ2n) is 5.19. The molecule has 18 heavy (non-hydrogen) atoms. The van der Waals surface area contributed by atoms with E-state index in [2.05, 4.69) is 16.1 Å². The van der Waals surface area contributed by atoms with Gasteiger partial charge in [-0.1, -0.05) is 0 Å². The van der Waals surface area contributed by atoms with Gasteiger partial charge in [-0.3, -0.25) is 0 Å². The minimum absolute atomic E-state index is 0.154. The fraction of sp³-hybridized carbons (Fsp3) is 0.467. The lowest BCUT2D eigenvalue weighted by molar-refractivity contribution is 0.339. The standard InChI is InChI=1S/C15H19FN2/c16-14-1-2-15-13(11-14)6-10-18(15)9-5-12-3-7-17-8-4-12/h1-2,6,10-12,17H,3-5,7-9H2. The fourth-order valence-electron chi connectivity index (χ4n) is 2.86. The Hall–Kier alpha value is -1.35. The van der Waals surface area contributed by atoms with Crippen LogP contribution in [0.2, 0.25) is 0 Å². The molecule has 0 amide bonds. The Labute approximate surface area is 107 Å². The van der Waals surface area contributed by atoms with Gasteiger partial charge in [-0.2, -0.15) is 0 Å². The van der Waals surface area contributed by atoms with Gasteiger partial charge in [0.25, 0.3) is 0 Å². The molecule has 3 rings (SSSR count). The lowest BCUT2D eigenvalue weighted by Gasteiger charge is -2.22. The van der Waals surface area contributed by atoms with Gasteiger partial charge in [-0.05, 0) is 62.5 Å². The number of hydrogen-bond donors (Lipinski definition) is 1. The number of rotatable bonds is 3. The highest BCUT2D eigenvalue weighted by atomic mass is 19.1. The van der Waals surface area contributed by atoms with E-state index in [0.29, 0.717) is 0 Å². The number of nitrogens with zero attached hydrogens (tertiary/aromatic N) is 1. The molecule has 1 aromatic heterocycles. The zero-order chi connectivity index (χ0) is 12.4. The van der Waals surface area contributed by atoms with E-state index < -0.39 is 0 Å². The third-order valence-electron chi connectivity index (χ3n) is 3.97. The number of fused-ring (bicyclic) bond motifs is 1. The van der Waals surface area contributed by atoms with Crippen LogP contribution in [0, 0.1) is 11.7 Å². The first-order chi connectivity index (χ1) is 8.83. The van der Waals surface area contributed by atoms with E-state index in [1.165, 1.54) is 19.3 Å². The number of hydrogen-bond acceptors (Lipinski definition) is 1. The summed E-state index contributed by atoms with van der Waals surface area (Å²) in [5.41, 5.74) is 1.14. The van der Waals surface area contributed by atoms with Crippen LogP contribution < -0.4 is 5.32 Å². The normalized spacial score (nSPS) is 17.4. The summed E-state index contributed by atoms with van der Waals surface area (Å²) >= 11 is 0. The van der Waals surface area contributed by atoms with Crippen molar-refractivity contribution in [2.24, 2.45) is 5.92 Å². The summed E-state index contributed by atoms with van der Waals surface area (Å²) in [4.78, 5) is 0. The first-order valence-corrected chi connectivity index (χ1v) is 6.78. The molecule has 1 fully saturated rings. The van der Waals surface area contributed by atoms with Gasteiger partial charge in [0.15, 0.2) is 0 Å². The van der Waals surface area contributed by atoms with E-state index in [4.69, 9.17) is 0 Å². The van der Waals surface area contributed by atoms with Crippen molar-refractivity contribution in [2.45, 2.75) is 25.8 Å². The average Bonchev–Trinajstić information content (AvgIpc) is 2.80. The highest BCUT2D eigenvalue weighted by molar-refractivity contribution is 5.80. The Balaban J connectivity index is 1.70. The second kappa shape index (κ2) is 5.11. The van der Waals surface area contributed by atoms with Crippen molar-refractivity contribution in [2.75, 3.05) is 13.1 Å². The molecule has 2 aromatic rings. The third-order valence-corrected chi connectivity index (χ3v) is 3.97. The minimum Gasteiger partial charge on any atom is -0.347 e. The van der Waals surface area contributed by atoms with Gasteiger partial charge in [-0.15, -0.1) is 0 Å². The number of piperidine rings is 1. The lowest BCUT2D eigenvalue weighted by Crippen LogP contribution is -2.28. The van der Waals surface area contributed by atoms with Crippen LogP contribution in [0.1, 0.15) is 19.3 Å². The van der Waals surface area contributed by atoms with E-state index in [9.17, 15) is 4.39 Å². The summed E-state index contributed by atoms with van der Waals surface area (Å²) in [5, 5.41) is 4.40. The summed E-state index contributed by atoms with van der Waals surface area (Å²) in [5.74, 6) is 0.683. The quantitative estimate of drug-likeness (QED) is 0.880. The van der Waals surface area contributed by atoms with E-state index in [0.717, 1.165) is 36.5 Å². The summed E-state index contributed by atoms with van der Waals surface area (Å²) < 4.78 is 15.4. The zero-order valence-electron chi connectivity index (χ0n) is 10.5. The predicted octanol–water partition coefficient (Wildman–Crippen LogP) is 3.17. The molecular formula is C15H19FN2. The molecule has 2 nitrogen and oxygen atoms in total. The van der Waals surface area contributed by atoms with Crippen LogP contribution in [0.25, 0.3) is 10.9 Å². The molecular weight excluding hydrogens is 227 g/mol. The van der Waals surface area contributed by atoms with Crippen molar-refractivity contribution in [3.63, 3.8) is 0 Å². The molecule has 2 heterocycles. The van der Waals surface area contributed by atoms with Crippen molar-refractivity contribution in [3.8, 4) is 0 Å². The number of aromatic nitrogens is 1. The van der Waals surface area contributed by atoms with Crippen molar-refractivity contribution < 1.29 is 4.39 Å². The van der Waals surface area contributed by atoms with Crippen molar-refractivity contribution in [3.05, 3.63) is 36.3 Å². The molecule has 1 aromatic carbocycles. The maximum atomic E-state index is 13.1. The molecule has 1 aliphatic heterocycles. The van der Waals surface area contributed by atoms with Gasteiger partial charge < -0.3 is 9.88 Å². The Morgan fingerprint density at radius 2 is 2.06 bits per heavy atom. The van der Waals surface area contributed by atoms with Crippen molar-refractivity contribution in [1.82, 2.24) is 9.88 Å². The molecule has 1 N–H and O–H groups in total. The first kappa shape index (κ1) is 11.7. The van der Waals surface area contributed by atoms with Crippen LogP contribution in [-0.4, -0.2) is 17.7 Å². The zero-order valence-corrected chi connectivity index (χ0v) is 10.5. The second-order valence-corrected chi connectivity index (χ2v) is 5.19. The highest BCUT2D eigenvalue weighted by Crippen LogP contribution is 2.21. The van der Waals surface area contributed by atoms with E-state index in [-0.39, 0.29) is 5.82 Å². The van der Waals surface area contributed by atoms with Gasteiger partial charge >= 0.3 is 0 Å². The van der Waals surface area contributed by atoms with Gasteiger partial charge in [0, 0.05) is 23.6 Å². The Kier molecular flexibility index (Phi) is 3.33. The number of benzene rings is 1. The molecule has 0 bridgehead atoms. The average molecular weight is 246 g/mol. The van der Waals surface area contributed by atoms with E-state index >= 15 is 0 Å². The molecule has 0 saturated carbocycles.